The van der Waals surface area contributed by atoms with Crippen LogP contribution >= 0.6 is 0 Å². The molecule has 27 heavy (non-hydrogen) atoms. The summed E-state index contributed by atoms with van der Waals surface area (Å²) in [5, 5.41) is 8.47. The molecule has 0 bridgehead atoms. The molecule has 0 aliphatic heterocycles. The highest BCUT2D eigenvalue weighted by molar-refractivity contribution is 5.90. The number of aromatic nitrogens is 6. The Hall–Kier alpha value is -3.49. The van der Waals surface area contributed by atoms with Crippen LogP contribution < -0.4 is 5.69 Å². The molecule has 4 rings (SSSR count). The van der Waals surface area contributed by atoms with Gasteiger partial charge in [-0.15, -0.1) is 10.2 Å². The molecule has 9 nitrogen and oxygen atoms in total. The molecular weight excluding hydrogens is 348 g/mol. The maximum Gasteiger partial charge on any atom is 0.337 e. The summed E-state index contributed by atoms with van der Waals surface area (Å²) in [7, 11) is 3.19. The molecule has 1 aromatic carbocycles. The van der Waals surface area contributed by atoms with Gasteiger partial charge in [0.05, 0.1) is 19.0 Å². The molecule has 0 saturated carbocycles. The zero-order valence-electron chi connectivity index (χ0n) is 15.2. The molecule has 0 spiro atoms. The smallest absolute Gasteiger partial charge is 0.337 e. The molecule has 0 amide bonds. The zero-order chi connectivity index (χ0) is 19.1. The lowest BCUT2D eigenvalue weighted by atomic mass is 10.1. The predicted molar refractivity (Wildman–Crippen MR) is 98.6 cm³/mol. The number of esters is 1. The first-order valence-corrected chi connectivity index (χ1v) is 8.54. The normalized spacial score (nSPS) is 11.4. The maximum absolute atomic E-state index is 13.1. The molecule has 3 aromatic heterocycles. The minimum absolute atomic E-state index is 0.241. The maximum atomic E-state index is 13.1. The van der Waals surface area contributed by atoms with E-state index in [0.717, 1.165) is 11.9 Å². The molecule has 0 saturated heterocycles. The van der Waals surface area contributed by atoms with E-state index in [9.17, 15) is 9.59 Å². The van der Waals surface area contributed by atoms with Crippen molar-refractivity contribution in [2.24, 2.45) is 7.05 Å². The third kappa shape index (κ3) is 2.50. The number of carbonyl (C=O) groups excluding carboxylic acids is 1. The van der Waals surface area contributed by atoms with Crippen molar-refractivity contribution in [2.45, 2.75) is 19.9 Å². The van der Waals surface area contributed by atoms with Crippen molar-refractivity contribution in [1.82, 2.24) is 28.7 Å². The van der Waals surface area contributed by atoms with Gasteiger partial charge in [0.15, 0.2) is 17.1 Å². The predicted octanol–water partition coefficient (Wildman–Crippen LogP) is 1.64. The zero-order valence-corrected chi connectivity index (χ0v) is 15.2. The summed E-state index contributed by atoms with van der Waals surface area (Å²) in [5.41, 5.74) is 2.65. The van der Waals surface area contributed by atoms with Crippen LogP contribution in [0.1, 0.15) is 23.7 Å². The highest BCUT2D eigenvalue weighted by Crippen LogP contribution is 2.22. The first kappa shape index (κ1) is 17.0. The lowest BCUT2D eigenvalue weighted by molar-refractivity contribution is 0.0601. The summed E-state index contributed by atoms with van der Waals surface area (Å²) in [6.45, 7) is 2.55. The van der Waals surface area contributed by atoms with E-state index in [4.69, 9.17) is 4.74 Å². The van der Waals surface area contributed by atoms with Gasteiger partial charge in [-0.3, -0.25) is 4.57 Å². The Bertz CT molecular complexity index is 1220. The average molecular weight is 366 g/mol. The largest absolute Gasteiger partial charge is 0.465 e. The second-order valence-electron chi connectivity index (χ2n) is 6.21. The Balaban J connectivity index is 1.99. The fourth-order valence-electron chi connectivity index (χ4n) is 3.19. The molecule has 4 aromatic rings. The van der Waals surface area contributed by atoms with Gasteiger partial charge in [0, 0.05) is 19.2 Å². The van der Waals surface area contributed by atoms with Crippen LogP contribution in [0.5, 0.6) is 0 Å². The Morgan fingerprint density at radius 1 is 1.15 bits per heavy atom. The number of aryl methyl sites for hydroxylation is 2. The van der Waals surface area contributed by atoms with Crippen LogP contribution in [0.3, 0.4) is 0 Å². The van der Waals surface area contributed by atoms with Crippen LogP contribution in [0, 0.1) is 0 Å². The lowest BCUT2D eigenvalue weighted by Crippen LogP contribution is -2.28. The number of ether oxygens (including phenoxy) is 1. The lowest BCUT2D eigenvalue weighted by Gasteiger charge is -2.08. The summed E-state index contributed by atoms with van der Waals surface area (Å²) in [5.74, 6) is -0.00563. The summed E-state index contributed by atoms with van der Waals surface area (Å²) in [4.78, 5) is 29.1. The first-order valence-electron chi connectivity index (χ1n) is 8.54. The van der Waals surface area contributed by atoms with Crippen LogP contribution in [0.15, 0.2) is 35.4 Å². The number of imidazole rings is 1. The number of nitrogens with zero attached hydrogens (tertiary/aromatic N) is 6. The van der Waals surface area contributed by atoms with Crippen molar-refractivity contribution >= 4 is 22.8 Å². The number of methoxy groups -OCH3 is 1. The van der Waals surface area contributed by atoms with Gasteiger partial charge in [0.2, 0.25) is 0 Å². The topological polar surface area (TPSA) is 96.3 Å². The molecule has 0 radical (unpaired) electrons. The molecule has 138 valence electrons. The average Bonchev–Trinajstić information content (AvgIpc) is 3.28. The molecule has 3 heterocycles. The monoisotopic (exact) mass is 366 g/mol. The highest BCUT2D eigenvalue weighted by Gasteiger charge is 2.20. The van der Waals surface area contributed by atoms with E-state index in [1.807, 2.05) is 18.5 Å². The van der Waals surface area contributed by atoms with Gasteiger partial charge in [-0.25, -0.2) is 19.0 Å². The fourth-order valence-corrected chi connectivity index (χ4v) is 3.19. The van der Waals surface area contributed by atoms with Crippen molar-refractivity contribution in [3.63, 3.8) is 0 Å². The van der Waals surface area contributed by atoms with Gasteiger partial charge in [0.25, 0.3) is 0 Å². The van der Waals surface area contributed by atoms with Gasteiger partial charge in [-0.2, -0.15) is 0 Å². The Labute approximate surface area is 153 Å². The number of benzene rings is 1. The minimum Gasteiger partial charge on any atom is -0.465 e. The van der Waals surface area contributed by atoms with Crippen molar-refractivity contribution in [3.8, 4) is 11.4 Å². The van der Waals surface area contributed by atoms with Crippen molar-refractivity contribution in [1.29, 1.82) is 0 Å². The quantitative estimate of drug-likeness (QED) is 0.510. The number of hydrogen-bond donors (Lipinski definition) is 0. The van der Waals surface area contributed by atoms with E-state index in [-0.39, 0.29) is 5.69 Å². The molecular formula is C18H18N6O3. The Kier molecular flexibility index (Phi) is 3.98. The molecule has 0 N–H and O–H groups in total. The van der Waals surface area contributed by atoms with E-state index >= 15 is 0 Å². The van der Waals surface area contributed by atoms with Gasteiger partial charge >= 0.3 is 11.7 Å². The van der Waals surface area contributed by atoms with Gasteiger partial charge in [-0.1, -0.05) is 19.1 Å². The minimum atomic E-state index is -0.422. The van der Waals surface area contributed by atoms with E-state index in [1.165, 1.54) is 11.5 Å². The van der Waals surface area contributed by atoms with Crippen LogP contribution in [-0.2, 0) is 18.3 Å². The van der Waals surface area contributed by atoms with Crippen LogP contribution in [0.2, 0.25) is 0 Å². The van der Waals surface area contributed by atoms with Gasteiger partial charge in [0.1, 0.15) is 5.52 Å². The molecule has 0 aliphatic carbocycles. The van der Waals surface area contributed by atoms with Gasteiger partial charge in [-0.05, 0) is 18.6 Å². The van der Waals surface area contributed by atoms with Crippen LogP contribution in [-0.4, -0.2) is 41.8 Å². The highest BCUT2D eigenvalue weighted by atomic mass is 16.5. The van der Waals surface area contributed by atoms with Crippen molar-refractivity contribution in [2.75, 3.05) is 7.11 Å². The number of carbonyl (C=O) groups is 1. The molecule has 0 aliphatic rings. The van der Waals surface area contributed by atoms with Crippen molar-refractivity contribution in [3.05, 3.63) is 46.6 Å². The second kappa shape index (κ2) is 6.35. The second-order valence-corrected chi connectivity index (χ2v) is 6.21. The van der Waals surface area contributed by atoms with E-state index in [1.54, 1.807) is 35.2 Å². The number of rotatable bonds is 4. The molecule has 0 unspecified atom stereocenters. The summed E-state index contributed by atoms with van der Waals surface area (Å²) < 4.78 is 9.67. The van der Waals surface area contributed by atoms with Crippen LogP contribution in [0.4, 0.5) is 0 Å². The fraction of sp³-hybridized carbons (Fsp3) is 0.278. The number of fused-ring (bicyclic) bond motifs is 3. The number of hydrogen-bond acceptors (Lipinski definition) is 6. The Morgan fingerprint density at radius 3 is 2.56 bits per heavy atom. The summed E-state index contributed by atoms with van der Waals surface area (Å²) in [6.07, 6.45) is 2.46. The summed E-state index contributed by atoms with van der Waals surface area (Å²) in [6, 6.07) is 6.71. The third-order valence-corrected chi connectivity index (χ3v) is 4.48. The molecule has 9 heteroatoms. The Morgan fingerprint density at radius 2 is 1.89 bits per heavy atom. The standard InChI is InChI=1S/C18H18N6O3/c1-4-9-23-15-13(22(2)10-19-15)16-21-20-14(24(16)18(23)26)11-5-7-12(8-6-11)17(25)27-3/h5-8,10H,4,9H2,1-3H3. The van der Waals surface area contributed by atoms with Crippen LogP contribution in [0.25, 0.3) is 28.2 Å². The molecule has 0 atom stereocenters. The SMILES string of the molecule is CCCn1c(=O)n2c(-c3ccc(C(=O)OC)cc3)nnc2c2c1ncn2C. The first-order chi connectivity index (χ1) is 13.1. The van der Waals surface area contributed by atoms with Gasteiger partial charge < -0.3 is 9.30 Å². The van der Waals surface area contributed by atoms with E-state index < -0.39 is 5.97 Å². The van der Waals surface area contributed by atoms with E-state index in [0.29, 0.717) is 34.8 Å². The third-order valence-electron chi connectivity index (χ3n) is 4.48. The molecule has 0 fully saturated rings. The van der Waals surface area contributed by atoms with E-state index in [2.05, 4.69) is 15.2 Å². The van der Waals surface area contributed by atoms with Crippen molar-refractivity contribution < 1.29 is 9.53 Å². The summed E-state index contributed by atoms with van der Waals surface area (Å²) >= 11 is 0.